The molecule has 3 aromatic heterocycles. The standard InChI is InChI=1S/C26H29N5O4/c1-3-13-30-22-15-21(29-24(22)25(33)31(14-4-2)26(30)34)19-5-7-20(8-6-19)35-17-23(32)28-16-18-9-11-27-12-10-18/h5-12,15,29H,3-4,13-14,16-17H2,1-2H3,(H,28,32). The number of H-pyrrole nitrogens is 1. The zero-order valence-electron chi connectivity index (χ0n) is 19.9. The van der Waals surface area contributed by atoms with Crippen LogP contribution in [0.1, 0.15) is 32.3 Å². The van der Waals surface area contributed by atoms with Crippen LogP contribution >= 0.6 is 0 Å². The molecular formula is C26H29N5O4. The van der Waals surface area contributed by atoms with Gasteiger partial charge in [-0.3, -0.25) is 23.7 Å². The number of nitrogens with zero attached hydrogens (tertiary/aromatic N) is 3. The SMILES string of the molecule is CCCn1c(=O)c2[nH]c(-c3ccc(OCC(=O)NCc4ccncc4)cc3)cc2n(CCC)c1=O. The minimum atomic E-state index is -0.303. The molecule has 0 bridgehead atoms. The van der Waals surface area contributed by atoms with Crippen LogP contribution in [-0.4, -0.2) is 31.6 Å². The number of aryl methyl sites for hydroxylation is 1. The number of rotatable bonds is 10. The topological polar surface area (TPSA) is 111 Å². The third kappa shape index (κ3) is 5.34. The van der Waals surface area contributed by atoms with Gasteiger partial charge >= 0.3 is 5.69 Å². The fraction of sp³-hybridized carbons (Fsp3) is 0.308. The predicted octanol–water partition coefficient (Wildman–Crippen LogP) is 3.07. The number of carbonyl (C=O) groups is 1. The first-order valence-electron chi connectivity index (χ1n) is 11.8. The molecule has 1 aromatic carbocycles. The van der Waals surface area contributed by atoms with Crippen molar-refractivity contribution in [1.29, 1.82) is 0 Å². The van der Waals surface area contributed by atoms with Gasteiger partial charge in [0.2, 0.25) is 0 Å². The van der Waals surface area contributed by atoms with E-state index in [2.05, 4.69) is 15.3 Å². The Labute approximate surface area is 202 Å². The van der Waals surface area contributed by atoms with Crippen LogP contribution in [0.25, 0.3) is 22.3 Å². The lowest BCUT2D eigenvalue weighted by atomic mass is 10.1. The van der Waals surface area contributed by atoms with Crippen molar-refractivity contribution in [3.05, 3.63) is 81.3 Å². The Kier molecular flexibility index (Phi) is 7.45. The third-order valence-electron chi connectivity index (χ3n) is 5.68. The Morgan fingerprint density at radius 1 is 1.00 bits per heavy atom. The predicted molar refractivity (Wildman–Crippen MR) is 134 cm³/mol. The molecule has 4 rings (SSSR count). The molecule has 0 atom stereocenters. The van der Waals surface area contributed by atoms with Gasteiger partial charge in [-0.2, -0.15) is 0 Å². The zero-order valence-corrected chi connectivity index (χ0v) is 19.9. The van der Waals surface area contributed by atoms with Crippen LogP contribution in [0.4, 0.5) is 0 Å². The van der Waals surface area contributed by atoms with Gasteiger partial charge in [0.1, 0.15) is 11.3 Å². The van der Waals surface area contributed by atoms with E-state index in [1.54, 1.807) is 29.1 Å². The number of pyridine rings is 1. The molecule has 0 aliphatic heterocycles. The van der Waals surface area contributed by atoms with Crippen molar-refractivity contribution < 1.29 is 9.53 Å². The van der Waals surface area contributed by atoms with Crippen LogP contribution in [0.5, 0.6) is 5.75 Å². The molecule has 3 heterocycles. The van der Waals surface area contributed by atoms with Crippen LogP contribution in [0.15, 0.2) is 64.4 Å². The average molecular weight is 476 g/mol. The highest BCUT2D eigenvalue weighted by atomic mass is 16.5. The number of ether oxygens (including phenoxy) is 1. The Morgan fingerprint density at radius 3 is 2.37 bits per heavy atom. The van der Waals surface area contributed by atoms with Gasteiger partial charge in [0, 0.05) is 37.7 Å². The second-order valence-electron chi connectivity index (χ2n) is 8.28. The number of nitrogens with one attached hydrogen (secondary N) is 2. The van der Waals surface area contributed by atoms with E-state index in [1.807, 2.05) is 44.2 Å². The lowest BCUT2D eigenvalue weighted by Gasteiger charge is -2.10. The number of carbonyl (C=O) groups excluding carboxylic acids is 1. The second-order valence-corrected chi connectivity index (χ2v) is 8.28. The number of benzene rings is 1. The van der Waals surface area contributed by atoms with Gasteiger partial charge in [-0.25, -0.2) is 4.79 Å². The van der Waals surface area contributed by atoms with Crippen molar-refractivity contribution in [3.8, 4) is 17.0 Å². The van der Waals surface area contributed by atoms with Gasteiger partial charge in [-0.05, 0) is 66.4 Å². The highest BCUT2D eigenvalue weighted by Crippen LogP contribution is 2.24. The molecule has 4 aromatic rings. The highest BCUT2D eigenvalue weighted by molar-refractivity contribution is 5.82. The Hall–Kier alpha value is -4.14. The number of hydrogen-bond donors (Lipinski definition) is 2. The molecule has 0 aliphatic carbocycles. The summed E-state index contributed by atoms with van der Waals surface area (Å²) in [5.74, 6) is 0.330. The first-order chi connectivity index (χ1) is 17.0. The van der Waals surface area contributed by atoms with Crippen LogP contribution in [0, 0.1) is 0 Å². The maximum atomic E-state index is 12.9. The first-order valence-corrected chi connectivity index (χ1v) is 11.8. The smallest absolute Gasteiger partial charge is 0.331 e. The van der Waals surface area contributed by atoms with E-state index in [4.69, 9.17) is 4.74 Å². The normalized spacial score (nSPS) is 11.0. The fourth-order valence-corrected chi connectivity index (χ4v) is 3.94. The van der Waals surface area contributed by atoms with Gasteiger partial charge in [0.25, 0.3) is 11.5 Å². The van der Waals surface area contributed by atoms with Gasteiger partial charge in [0.05, 0.1) is 5.52 Å². The van der Waals surface area contributed by atoms with Crippen molar-refractivity contribution in [2.75, 3.05) is 6.61 Å². The van der Waals surface area contributed by atoms with Gasteiger partial charge in [0.15, 0.2) is 6.61 Å². The maximum absolute atomic E-state index is 12.9. The molecule has 0 unspecified atom stereocenters. The van der Waals surface area contributed by atoms with E-state index in [9.17, 15) is 14.4 Å². The van der Waals surface area contributed by atoms with Gasteiger partial charge in [-0.1, -0.05) is 13.8 Å². The molecule has 0 saturated heterocycles. The van der Waals surface area contributed by atoms with Crippen LogP contribution in [-0.2, 0) is 24.4 Å². The summed E-state index contributed by atoms with van der Waals surface area (Å²) in [7, 11) is 0. The first kappa shape index (κ1) is 24.0. The van der Waals surface area contributed by atoms with Crippen LogP contribution in [0.3, 0.4) is 0 Å². The number of aromatic amines is 1. The molecule has 9 nitrogen and oxygen atoms in total. The van der Waals surface area contributed by atoms with Gasteiger partial charge in [-0.15, -0.1) is 0 Å². The third-order valence-corrected chi connectivity index (χ3v) is 5.68. The summed E-state index contributed by atoms with van der Waals surface area (Å²) in [4.78, 5) is 45.1. The van der Waals surface area contributed by atoms with E-state index in [1.165, 1.54) is 4.57 Å². The maximum Gasteiger partial charge on any atom is 0.331 e. The summed E-state index contributed by atoms with van der Waals surface area (Å²) in [5.41, 5.74) is 2.99. The van der Waals surface area contributed by atoms with Crippen LogP contribution in [0.2, 0.25) is 0 Å². The molecule has 1 amide bonds. The van der Waals surface area contributed by atoms with Crippen molar-refractivity contribution in [3.63, 3.8) is 0 Å². The molecule has 9 heteroatoms. The van der Waals surface area contributed by atoms with Crippen molar-refractivity contribution in [1.82, 2.24) is 24.4 Å². The van der Waals surface area contributed by atoms with E-state index >= 15 is 0 Å². The van der Waals surface area contributed by atoms with Crippen molar-refractivity contribution >= 4 is 16.9 Å². The number of amides is 1. The minimum Gasteiger partial charge on any atom is -0.484 e. The number of hydrogen-bond acceptors (Lipinski definition) is 5. The van der Waals surface area contributed by atoms with E-state index in [0.29, 0.717) is 42.8 Å². The Balaban J connectivity index is 1.49. The van der Waals surface area contributed by atoms with E-state index in [0.717, 1.165) is 23.2 Å². The lowest BCUT2D eigenvalue weighted by molar-refractivity contribution is -0.123. The summed E-state index contributed by atoms with van der Waals surface area (Å²) in [6.07, 6.45) is 4.83. The molecule has 0 spiro atoms. The molecule has 0 fully saturated rings. The monoisotopic (exact) mass is 475 g/mol. The summed E-state index contributed by atoms with van der Waals surface area (Å²) in [6.45, 7) is 5.17. The summed E-state index contributed by atoms with van der Waals surface area (Å²) < 4.78 is 8.56. The van der Waals surface area contributed by atoms with Crippen LogP contribution < -0.4 is 21.3 Å². The molecule has 0 saturated carbocycles. The molecule has 0 aliphatic rings. The summed E-state index contributed by atoms with van der Waals surface area (Å²) in [5, 5.41) is 2.80. The lowest BCUT2D eigenvalue weighted by Crippen LogP contribution is -2.39. The largest absolute Gasteiger partial charge is 0.484 e. The zero-order chi connectivity index (χ0) is 24.8. The minimum absolute atomic E-state index is 0.100. The van der Waals surface area contributed by atoms with Gasteiger partial charge < -0.3 is 15.0 Å². The highest BCUT2D eigenvalue weighted by Gasteiger charge is 2.16. The molecule has 35 heavy (non-hydrogen) atoms. The Morgan fingerprint density at radius 2 is 1.69 bits per heavy atom. The molecule has 0 radical (unpaired) electrons. The molecule has 2 N–H and O–H groups in total. The summed E-state index contributed by atoms with van der Waals surface area (Å²) in [6, 6.07) is 12.8. The molecular weight excluding hydrogens is 446 g/mol. The Bertz CT molecular complexity index is 1420. The van der Waals surface area contributed by atoms with Crippen molar-refractivity contribution in [2.24, 2.45) is 0 Å². The second kappa shape index (κ2) is 10.9. The number of fused-ring (bicyclic) bond motifs is 1. The van der Waals surface area contributed by atoms with E-state index < -0.39 is 0 Å². The number of aromatic nitrogens is 4. The van der Waals surface area contributed by atoms with Crippen molar-refractivity contribution in [2.45, 2.75) is 46.3 Å². The fourth-order valence-electron chi connectivity index (χ4n) is 3.94. The summed E-state index contributed by atoms with van der Waals surface area (Å²) >= 11 is 0. The molecule has 182 valence electrons. The van der Waals surface area contributed by atoms with E-state index in [-0.39, 0.29) is 23.8 Å². The quantitative estimate of drug-likeness (QED) is 0.366. The average Bonchev–Trinajstić information content (AvgIpc) is 3.33.